The number of aromatic nitrogens is 1. The molecule has 1 aliphatic carbocycles. The van der Waals surface area contributed by atoms with Gasteiger partial charge >= 0.3 is 5.97 Å². The molecule has 3 aromatic rings. The molecule has 0 radical (unpaired) electrons. The van der Waals surface area contributed by atoms with Gasteiger partial charge in [0.25, 0.3) is 0 Å². The number of halogens is 2. The van der Waals surface area contributed by atoms with Gasteiger partial charge in [-0.1, -0.05) is 41.9 Å². The van der Waals surface area contributed by atoms with Crippen LogP contribution in [0.3, 0.4) is 0 Å². The average Bonchev–Trinajstić information content (AvgIpc) is 3.60. The van der Waals surface area contributed by atoms with Crippen molar-refractivity contribution in [3.05, 3.63) is 74.8 Å². The van der Waals surface area contributed by atoms with Gasteiger partial charge in [-0.3, -0.25) is 4.79 Å². The molecule has 0 bridgehead atoms. The highest BCUT2D eigenvalue weighted by Crippen LogP contribution is 2.42. The van der Waals surface area contributed by atoms with Crippen molar-refractivity contribution < 1.29 is 14.3 Å². The molecule has 0 amide bonds. The number of hydrogen-bond acceptors (Lipinski definition) is 4. The van der Waals surface area contributed by atoms with Crippen LogP contribution >= 0.6 is 11.6 Å². The van der Waals surface area contributed by atoms with Gasteiger partial charge in [0, 0.05) is 37.9 Å². The summed E-state index contributed by atoms with van der Waals surface area (Å²) in [5, 5.41) is 13.0. The number of pyridine rings is 1. The van der Waals surface area contributed by atoms with Crippen molar-refractivity contribution in [3.8, 4) is 0 Å². The molecule has 2 N–H and O–H groups in total. The van der Waals surface area contributed by atoms with Gasteiger partial charge in [0.2, 0.25) is 5.43 Å². The third-order valence-electron chi connectivity index (χ3n) is 6.05. The number of nitrogens with one attached hydrogen (secondary N) is 1. The molecule has 1 saturated carbocycles. The van der Waals surface area contributed by atoms with Crippen molar-refractivity contribution in [3.63, 3.8) is 0 Å². The number of carbonyl (C=O) groups is 1. The summed E-state index contributed by atoms with van der Waals surface area (Å²) in [6, 6.07) is 11.2. The highest BCUT2D eigenvalue weighted by atomic mass is 35.5. The van der Waals surface area contributed by atoms with Gasteiger partial charge < -0.3 is 19.9 Å². The van der Waals surface area contributed by atoms with E-state index in [0.717, 1.165) is 24.5 Å². The van der Waals surface area contributed by atoms with Gasteiger partial charge in [0.1, 0.15) is 11.4 Å². The van der Waals surface area contributed by atoms with Gasteiger partial charge in [-0.2, -0.15) is 0 Å². The Labute approximate surface area is 182 Å². The van der Waals surface area contributed by atoms with E-state index in [-0.39, 0.29) is 33.7 Å². The maximum Gasteiger partial charge on any atom is 0.341 e. The lowest BCUT2D eigenvalue weighted by Gasteiger charge is -2.36. The first-order chi connectivity index (χ1) is 15.0. The number of nitrogens with zero attached hydrogens (tertiary/aromatic N) is 2. The Kier molecular flexibility index (Phi) is 4.95. The lowest BCUT2D eigenvalue weighted by Crippen LogP contribution is -2.46. The molecule has 0 spiro atoms. The highest BCUT2D eigenvalue weighted by molar-refractivity contribution is 6.38. The second kappa shape index (κ2) is 7.66. The molecule has 5 rings (SSSR count). The summed E-state index contributed by atoms with van der Waals surface area (Å²) in [4.78, 5) is 26.2. The van der Waals surface area contributed by atoms with E-state index in [1.54, 1.807) is 4.57 Å². The smallest absolute Gasteiger partial charge is 0.341 e. The van der Waals surface area contributed by atoms with E-state index in [4.69, 9.17) is 11.6 Å². The van der Waals surface area contributed by atoms with Crippen LogP contribution in [0.25, 0.3) is 10.9 Å². The van der Waals surface area contributed by atoms with Gasteiger partial charge in [-0.15, -0.1) is 0 Å². The maximum atomic E-state index is 15.3. The fourth-order valence-corrected chi connectivity index (χ4v) is 4.79. The molecule has 1 atom stereocenters. The number of carboxylic acid groups (broad SMARTS) is 1. The summed E-state index contributed by atoms with van der Waals surface area (Å²) in [6.07, 6.45) is 3.08. The molecular weight excluding hydrogens is 421 g/mol. The Morgan fingerprint density at radius 1 is 1.23 bits per heavy atom. The molecule has 2 heterocycles. The molecule has 1 aliphatic heterocycles. The Hall–Kier alpha value is -2.90. The molecule has 2 aliphatic rings. The second-order valence-electron chi connectivity index (χ2n) is 8.10. The molecule has 2 aromatic carbocycles. The third-order valence-corrected chi connectivity index (χ3v) is 6.41. The van der Waals surface area contributed by atoms with Crippen LogP contribution in [0.2, 0.25) is 5.02 Å². The van der Waals surface area contributed by atoms with Gasteiger partial charge in [0.15, 0.2) is 0 Å². The fraction of sp³-hybridized carbons (Fsp3) is 0.304. The number of carboxylic acids is 1. The molecule has 1 saturated heterocycles. The maximum absolute atomic E-state index is 15.3. The number of rotatable bonds is 4. The van der Waals surface area contributed by atoms with Gasteiger partial charge in [-0.25, -0.2) is 9.18 Å². The summed E-state index contributed by atoms with van der Waals surface area (Å²) in [5.41, 5.74) is 0.687. The van der Waals surface area contributed by atoms with Crippen molar-refractivity contribution in [1.82, 2.24) is 9.88 Å². The Balaban J connectivity index is 1.65. The van der Waals surface area contributed by atoms with Crippen LogP contribution in [0, 0.1) is 5.82 Å². The van der Waals surface area contributed by atoms with Crippen molar-refractivity contribution in [2.45, 2.75) is 24.9 Å². The molecule has 2 fully saturated rings. The second-order valence-corrected chi connectivity index (χ2v) is 8.47. The zero-order valence-corrected chi connectivity index (χ0v) is 17.4. The van der Waals surface area contributed by atoms with Crippen LogP contribution in [0.5, 0.6) is 0 Å². The molecule has 6 nitrogen and oxygen atoms in total. The Morgan fingerprint density at radius 2 is 1.97 bits per heavy atom. The fourth-order valence-electron chi connectivity index (χ4n) is 4.38. The standard InChI is InChI=1S/C23H21ClFN3O3/c24-19-20-15(22(29)16(23(30)31)11-28(20)14-6-7-14)10-17(25)21(19)27-9-8-26-18(12-27)13-4-2-1-3-5-13/h1-5,10-11,14,18,26H,6-9,12H2,(H,30,31). The number of anilines is 1. The largest absolute Gasteiger partial charge is 0.477 e. The number of benzene rings is 2. The molecule has 8 heteroatoms. The number of fused-ring (bicyclic) bond motifs is 1. The quantitative estimate of drug-likeness (QED) is 0.640. The predicted molar refractivity (Wildman–Crippen MR) is 118 cm³/mol. The topological polar surface area (TPSA) is 74.6 Å². The molecule has 1 aromatic heterocycles. The minimum Gasteiger partial charge on any atom is -0.477 e. The molecular formula is C23H21ClFN3O3. The van der Waals surface area contributed by atoms with Crippen LogP contribution in [-0.4, -0.2) is 35.3 Å². The zero-order chi connectivity index (χ0) is 21.7. The lowest BCUT2D eigenvalue weighted by molar-refractivity contribution is 0.0695. The van der Waals surface area contributed by atoms with Crippen molar-refractivity contribution in [1.29, 1.82) is 0 Å². The van der Waals surface area contributed by atoms with Crippen LogP contribution < -0.4 is 15.6 Å². The van der Waals surface area contributed by atoms with Crippen LogP contribution in [0.15, 0.2) is 47.4 Å². The molecule has 1 unspecified atom stereocenters. The normalized spacial score (nSPS) is 19.0. The van der Waals surface area contributed by atoms with E-state index in [0.29, 0.717) is 25.2 Å². The molecule has 31 heavy (non-hydrogen) atoms. The van der Waals surface area contributed by atoms with Gasteiger partial charge in [0.05, 0.1) is 21.6 Å². The zero-order valence-electron chi connectivity index (χ0n) is 16.6. The van der Waals surface area contributed by atoms with Gasteiger partial charge in [-0.05, 0) is 24.5 Å². The van der Waals surface area contributed by atoms with Crippen LogP contribution in [-0.2, 0) is 0 Å². The van der Waals surface area contributed by atoms with Crippen molar-refractivity contribution in [2.24, 2.45) is 0 Å². The van der Waals surface area contributed by atoms with E-state index in [1.807, 2.05) is 35.2 Å². The predicted octanol–water partition coefficient (Wildman–Crippen LogP) is 3.98. The number of hydrogen-bond donors (Lipinski definition) is 2. The monoisotopic (exact) mass is 441 g/mol. The van der Waals surface area contributed by atoms with Crippen molar-refractivity contribution in [2.75, 3.05) is 24.5 Å². The molecule has 160 valence electrons. The minimum atomic E-state index is -1.32. The van der Waals surface area contributed by atoms with Crippen LogP contribution in [0.4, 0.5) is 10.1 Å². The third kappa shape index (κ3) is 3.47. The SMILES string of the molecule is O=C(O)c1cn(C2CC2)c2c(Cl)c(N3CCNC(c4ccccc4)C3)c(F)cc2c1=O. The highest BCUT2D eigenvalue weighted by Gasteiger charge is 2.31. The first-order valence-electron chi connectivity index (χ1n) is 10.3. The number of aromatic carboxylic acids is 1. The van der Waals surface area contributed by atoms with E-state index in [9.17, 15) is 14.7 Å². The lowest BCUT2D eigenvalue weighted by atomic mass is 10.0. The average molecular weight is 442 g/mol. The summed E-state index contributed by atoms with van der Waals surface area (Å²) >= 11 is 6.75. The van der Waals surface area contributed by atoms with E-state index >= 15 is 4.39 Å². The Morgan fingerprint density at radius 3 is 2.65 bits per heavy atom. The van der Waals surface area contributed by atoms with E-state index < -0.39 is 17.2 Å². The number of piperazine rings is 1. The van der Waals surface area contributed by atoms with E-state index in [2.05, 4.69) is 5.32 Å². The summed E-state index contributed by atoms with van der Waals surface area (Å²) in [6.45, 7) is 1.74. The summed E-state index contributed by atoms with van der Waals surface area (Å²) in [7, 11) is 0. The van der Waals surface area contributed by atoms with Crippen LogP contribution in [0.1, 0.15) is 40.8 Å². The minimum absolute atomic E-state index is 0.00722. The summed E-state index contributed by atoms with van der Waals surface area (Å²) < 4.78 is 17.1. The summed E-state index contributed by atoms with van der Waals surface area (Å²) in [5.74, 6) is -1.94. The first-order valence-corrected chi connectivity index (χ1v) is 10.7. The van der Waals surface area contributed by atoms with Crippen molar-refractivity contribution >= 4 is 34.2 Å². The Bertz CT molecular complexity index is 1240. The first kappa shape index (κ1) is 20.0. The van der Waals surface area contributed by atoms with E-state index in [1.165, 1.54) is 6.20 Å².